The van der Waals surface area contributed by atoms with E-state index in [0.717, 1.165) is 12.1 Å². The number of aromatic nitrogens is 3. The molecule has 1 saturated heterocycles. The minimum Gasteiger partial charge on any atom is -0.335 e. The van der Waals surface area contributed by atoms with Gasteiger partial charge in [0.05, 0.1) is 10.7 Å². The van der Waals surface area contributed by atoms with E-state index in [2.05, 4.69) is 17.0 Å². The molecule has 0 spiro atoms. The van der Waals surface area contributed by atoms with Gasteiger partial charge in [-0.1, -0.05) is 37.6 Å². The van der Waals surface area contributed by atoms with Crippen LogP contribution in [-0.4, -0.2) is 45.2 Å². The van der Waals surface area contributed by atoms with Crippen LogP contribution < -0.4 is 5.73 Å². The zero-order valence-corrected chi connectivity index (χ0v) is 16.0. The number of para-hydroxylation sites is 1. The monoisotopic (exact) mass is 383 g/mol. The van der Waals surface area contributed by atoms with Crippen LogP contribution in [0.25, 0.3) is 5.69 Å². The highest BCUT2D eigenvalue weighted by Gasteiger charge is 2.36. The van der Waals surface area contributed by atoms with E-state index in [-0.39, 0.29) is 29.6 Å². The summed E-state index contributed by atoms with van der Waals surface area (Å²) >= 11 is 6.26. The van der Waals surface area contributed by atoms with E-state index in [1.807, 2.05) is 25.1 Å². The summed E-state index contributed by atoms with van der Waals surface area (Å²) in [5.41, 5.74) is 6.54. The van der Waals surface area contributed by atoms with Crippen molar-refractivity contribution in [2.75, 3.05) is 19.6 Å². The van der Waals surface area contributed by atoms with Gasteiger partial charge in [-0.15, -0.1) is 17.5 Å². The minimum atomic E-state index is -0.146. The Morgan fingerprint density at radius 3 is 2.72 bits per heavy atom. The van der Waals surface area contributed by atoms with Crippen LogP contribution in [0.3, 0.4) is 0 Å². The van der Waals surface area contributed by atoms with E-state index in [1.54, 1.807) is 15.6 Å². The summed E-state index contributed by atoms with van der Waals surface area (Å²) in [6.07, 6.45) is 1.56. The van der Waals surface area contributed by atoms with Crippen LogP contribution in [0.5, 0.6) is 0 Å². The molecule has 1 amide bonds. The van der Waals surface area contributed by atoms with Gasteiger partial charge in [0, 0.05) is 19.5 Å². The molecule has 2 aromatic rings. The topological polar surface area (TPSA) is 77.0 Å². The van der Waals surface area contributed by atoms with Gasteiger partial charge in [0.1, 0.15) is 5.82 Å². The average Bonchev–Trinajstić information content (AvgIpc) is 3.19. The van der Waals surface area contributed by atoms with E-state index >= 15 is 0 Å². The first kappa shape index (κ1) is 19.7. The maximum absolute atomic E-state index is 12.8. The molecule has 3 rings (SSSR count). The quantitative estimate of drug-likeness (QED) is 0.880. The number of rotatable bonds is 4. The van der Waals surface area contributed by atoms with E-state index in [1.165, 1.54) is 0 Å². The van der Waals surface area contributed by atoms with Crippen LogP contribution in [0, 0.1) is 5.41 Å². The zero-order valence-electron chi connectivity index (χ0n) is 14.4. The summed E-state index contributed by atoms with van der Waals surface area (Å²) in [5.74, 6) is 0.785. The molecular weight excluding hydrogens is 361 g/mol. The van der Waals surface area contributed by atoms with Gasteiger partial charge in [-0.3, -0.25) is 4.79 Å². The Morgan fingerprint density at radius 1 is 1.40 bits per heavy atom. The lowest BCUT2D eigenvalue weighted by Crippen LogP contribution is -2.35. The Morgan fingerprint density at radius 2 is 2.12 bits per heavy atom. The molecular formula is C17H23Cl2N5O. The summed E-state index contributed by atoms with van der Waals surface area (Å²) in [4.78, 5) is 19.0. The molecule has 1 aliphatic heterocycles. The normalized spacial score (nSPS) is 19.8. The number of nitrogens with two attached hydrogens (primary N) is 1. The predicted octanol–water partition coefficient (Wildman–Crippen LogP) is 2.72. The lowest BCUT2D eigenvalue weighted by molar-refractivity contribution is 0.0765. The maximum Gasteiger partial charge on any atom is 0.293 e. The molecule has 25 heavy (non-hydrogen) atoms. The first-order valence-electron chi connectivity index (χ1n) is 8.17. The number of nitrogens with zero attached hydrogens (tertiary/aromatic N) is 4. The van der Waals surface area contributed by atoms with Gasteiger partial charge in [0.15, 0.2) is 0 Å². The standard InChI is InChI=1S/C17H22ClN5O.ClH/c1-3-14-20-15(16(24)22-9-8-17(2,10-19)11-22)21-23(14)13-7-5-4-6-12(13)18;/h4-7H,3,8-11,19H2,1-2H3;1H. The Bertz CT molecular complexity index is 763. The Hall–Kier alpha value is -1.63. The molecule has 8 heteroatoms. The van der Waals surface area contributed by atoms with Crippen molar-refractivity contribution in [2.24, 2.45) is 11.1 Å². The third-order valence-corrected chi connectivity index (χ3v) is 4.92. The molecule has 1 atom stereocenters. The second-order valence-corrected chi connectivity index (χ2v) is 6.97. The van der Waals surface area contributed by atoms with Crippen molar-refractivity contribution in [3.05, 3.63) is 40.9 Å². The summed E-state index contributed by atoms with van der Waals surface area (Å²) in [7, 11) is 0. The van der Waals surface area contributed by atoms with Gasteiger partial charge in [-0.25, -0.2) is 9.67 Å². The van der Waals surface area contributed by atoms with Gasteiger partial charge in [0.25, 0.3) is 5.91 Å². The fraction of sp³-hybridized carbons (Fsp3) is 0.471. The zero-order chi connectivity index (χ0) is 17.3. The van der Waals surface area contributed by atoms with Crippen LogP contribution >= 0.6 is 24.0 Å². The van der Waals surface area contributed by atoms with E-state index in [9.17, 15) is 4.79 Å². The van der Waals surface area contributed by atoms with Crippen LogP contribution in [0.2, 0.25) is 5.02 Å². The van der Waals surface area contributed by atoms with Gasteiger partial charge < -0.3 is 10.6 Å². The molecule has 1 aromatic carbocycles. The highest BCUT2D eigenvalue weighted by Crippen LogP contribution is 2.29. The van der Waals surface area contributed by atoms with Gasteiger partial charge >= 0.3 is 0 Å². The summed E-state index contributed by atoms with van der Waals surface area (Å²) in [5, 5.41) is 5.01. The number of hydrogen-bond donors (Lipinski definition) is 1. The van der Waals surface area contributed by atoms with E-state index in [0.29, 0.717) is 36.9 Å². The molecule has 136 valence electrons. The largest absolute Gasteiger partial charge is 0.335 e. The third-order valence-electron chi connectivity index (χ3n) is 4.60. The number of carbonyl (C=O) groups is 1. The van der Waals surface area contributed by atoms with Crippen molar-refractivity contribution in [1.29, 1.82) is 0 Å². The van der Waals surface area contributed by atoms with Crippen molar-refractivity contribution in [3.63, 3.8) is 0 Å². The Kier molecular flexibility index (Phi) is 6.08. The number of aryl methyl sites for hydroxylation is 1. The van der Waals surface area contributed by atoms with E-state index in [4.69, 9.17) is 17.3 Å². The molecule has 1 fully saturated rings. The molecule has 2 N–H and O–H groups in total. The molecule has 0 bridgehead atoms. The highest BCUT2D eigenvalue weighted by atomic mass is 35.5. The van der Waals surface area contributed by atoms with Gasteiger partial charge in [-0.05, 0) is 30.5 Å². The second kappa shape index (κ2) is 7.72. The maximum atomic E-state index is 12.8. The lowest BCUT2D eigenvalue weighted by Gasteiger charge is -2.21. The average molecular weight is 384 g/mol. The van der Waals surface area contributed by atoms with Crippen molar-refractivity contribution in [1.82, 2.24) is 19.7 Å². The lowest BCUT2D eigenvalue weighted by atomic mass is 9.90. The fourth-order valence-electron chi connectivity index (χ4n) is 2.99. The fourth-order valence-corrected chi connectivity index (χ4v) is 3.20. The van der Waals surface area contributed by atoms with Crippen LogP contribution in [0.1, 0.15) is 36.7 Å². The molecule has 6 nitrogen and oxygen atoms in total. The van der Waals surface area contributed by atoms with Crippen molar-refractivity contribution in [2.45, 2.75) is 26.7 Å². The van der Waals surface area contributed by atoms with Crippen LogP contribution in [0.15, 0.2) is 24.3 Å². The minimum absolute atomic E-state index is 0. The van der Waals surface area contributed by atoms with Gasteiger partial charge in [-0.2, -0.15) is 0 Å². The predicted molar refractivity (Wildman–Crippen MR) is 101 cm³/mol. The molecule has 1 unspecified atom stereocenters. The van der Waals surface area contributed by atoms with Crippen molar-refractivity contribution >= 4 is 29.9 Å². The summed E-state index contributed by atoms with van der Waals surface area (Å²) < 4.78 is 1.66. The first-order valence-corrected chi connectivity index (χ1v) is 8.55. The molecule has 1 aliphatic rings. The SMILES string of the molecule is CCc1nc(C(=O)N2CCC(C)(CN)C2)nn1-c1ccccc1Cl.Cl. The number of hydrogen-bond acceptors (Lipinski definition) is 4. The van der Waals surface area contributed by atoms with Gasteiger partial charge in [0.2, 0.25) is 5.82 Å². The molecule has 0 saturated carbocycles. The van der Waals surface area contributed by atoms with Crippen molar-refractivity contribution < 1.29 is 4.79 Å². The Balaban J connectivity index is 0.00000225. The molecule has 0 aliphatic carbocycles. The van der Waals surface area contributed by atoms with Crippen LogP contribution in [0.4, 0.5) is 0 Å². The number of benzene rings is 1. The van der Waals surface area contributed by atoms with E-state index < -0.39 is 0 Å². The first-order chi connectivity index (χ1) is 11.5. The molecule has 0 radical (unpaired) electrons. The summed E-state index contributed by atoms with van der Waals surface area (Å²) in [6, 6.07) is 7.41. The second-order valence-electron chi connectivity index (χ2n) is 6.56. The third kappa shape index (κ3) is 3.81. The summed E-state index contributed by atoms with van der Waals surface area (Å²) in [6.45, 7) is 5.98. The number of halogens is 2. The number of amides is 1. The van der Waals surface area contributed by atoms with Crippen molar-refractivity contribution in [3.8, 4) is 5.69 Å². The Labute approximate surface area is 158 Å². The van der Waals surface area contributed by atoms with Crippen LogP contribution in [-0.2, 0) is 6.42 Å². The highest BCUT2D eigenvalue weighted by molar-refractivity contribution is 6.32. The number of likely N-dealkylation sites (tertiary alicyclic amines) is 1. The molecule has 1 aromatic heterocycles. The number of carbonyl (C=O) groups excluding carboxylic acids is 1. The molecule has 2 heterocycles. The smallest absolute Gasteiger partial charge is 0.293 e.